The van der Waals surface area contributed by atoms with E-state index in [1.165, 1.54) is 16.7 Å². The quantitative estimate of drug-likeness (QED) is 0.432. The van der Waals surface area contributed by atoms with E-state index in [4.69, 9.17) is 23.2 Å². The summed E-state index contributed by atoms with van der Waals surface area (Å²) < 4.78 is 0. The number of halogens is 2. The molecule has 3 rings (SSSR count). The zero-order chi connectivity index (χ0) is 24.0. The summed E-state index contributed by atoms with van der Waals surface area (Å²) in [5.41, 5.74) is 4.40. The van der Waals surface area contributed by atoms with Crippen LogP contribution in [0, 0.1) is 13.8 Å². The van der Waals surface area contributed by atoms with E-state index in [1.54, 1.807) is 35.7 Å². The van der Waals surface area contributed by atoms with Gasteiger partial charge in [-0.3, -0.25) is 9.59 Å². The Morgan fingerprint density at radius 2 is 1.76 bits per heavy atom. The Labute approximate surface area is 211 Å². The average molecular weight is 508 g/mol. The first-order valence-corrected chi connectivity index (χ1v) is 13.3. The Morgan fingerprint density at radius 1 is 1.09 bits per heavy atom. The summed E-state index contributed by atoms with van der Waals surface area (Å²) in [4.78, 5) is 27.9. The maximum absolute atomic E-state index is 13.3. The molecule has 1 aliphatic rings. The maximum Gasteiger partial charge on any atom is 0.242 e. The van der Waals surface area contributed by atoms with Gasteiger partial charge in [0.15, 0.2) is 0 Å². The highest BCUT2D eigenvalue weighted by Crippen LogP contribution is 2.25. The van der Waals surface area contributed by atoms with E-state index in [0.29, 0.717) is 15.8 Å². The Morgan fingerprint density at radius 3 is 2.39 bits per heavy atom. The van der Waals surface area contributed by atoms with Crippen LogP contribution in [0.15, 0.2) is 36.4 Å². The maximum atomic E-state index is 13.3. The normalized spacial score (nSPS) is 14.8. The van der Waals surface area contributed by atoms with Gasteiger partial charge >= 0.3 is 0 Å². The van der Waals surface area contributed by atoms with Crippen LogP contribution in [0.2, 0.25) is 10.0 Å². The van der Waals surface area contributed by atoms with Crippen LogP contribution in [0.25, 0.3) is 0 Å². The average Bonchev–Trinajstić information content (AvgIpc) is 3.25. The van der Waals surface area contributed by atoms with Gasteiger partial charge in [0.05, 0.1) is 5.75 Å². The molecule has 0 saturated heterocycles. The van der Waals surface area contributed by atoms with E-state index in [2.05, 4.69) is 37.4 Å². The van der Waals surface area contributed by atoms with Crippen molar-refractivity contribution < 1.29 is 9.59 Å². The summed E-state index contributed by atoms with van der Waals surface area (Å²) >= 11 is 14.0. The van der Waals surface area contributed by atoms with Crippen LogP contribution >= 0.6 is 35.0 Å². The lowest BCUT2D eigenvalue weighted by Gasteiger charge is -2.30. The third kappa shape index (κ3) is 7.66. The molecule has 0 spiro atoms. The lowest BCUT2D eigenvalue weighted by Crippen LogP contribution is -2.50. The van der Waals surface area contributed by atoms with Crippen molar-refractivity contribution in [3.63, 3.8) is 0 Å². The lowest BCUT2D eigenvalue weighted by atomic mass is 10.1. The molecule has 0 unspecified atom stereocenters. The SMILES string of the molecule is Cc1cc(C)cc(CSCC(=O)N(Cc2ccc(Cl)cc2Cl)[C@H](C)C(=O)NC2CCCC2)c1. The van der Waals surface area contributed by atoms with E-state index in [0.717, 1.165) is 37.0 Å². The van der Waals surface area contributed by atoms with Gasteiger partial charge in [-0.1, -0.05) is 71.4 Å². The Bertz CT molecular complexity index is 972. The van der Waals surface area contributed by atoms with Crippen LogP contribution in [0.4, 0.5) is 0 Å². The van der Waals surface area contributed by atoms with E-state index in [1.807, 2.05) is 6.07 Å². The van der Waals surface area contributed by atoms with Gasteiger partial charge in [0, 0.05) is 28.4 Å². The number of thioether (sulfide) groups is 1. The number of nitrogens with zero attached hydrogens (tertiary/aromatic N) is 1. The highest BCUT2D eigenvalue weighted by Gasteiger charge is 2.28. The van der Waals surface area contributed by atoms with E-state index in [9.17, 15) is 9.59 Å². The van der Waals surface area contributed by atoms with Crippen molar-refractivity contribution in [1.82, 2.24) is 10.2 Å². The van der Waals surface area contributed by atoms with Crippen LogP contribution in [0.3, 0.4) is 0 Å². The molecular formula is C26H32Cl2N2O2S. The third-order valence-electron chi connectivity index (χ3n) is 6.00. The highest BCUT2D eigenvalue weighted by atomic mass is 35.5. The monoisotopic (exact) mass is 506 g/mol. The van der Waals surface area contributed by atoms with Crippen LogP contribution in [-0.4, -0.2) is 34.6 Å². The largest absolute Gasteiger partial charge is 0.352 e. The van der Waals surface area contributed by atoms with Crippen molar-refractivity contribution >= 4 is 46.8 Å². The molecule has 1 N–H and O–H groups in total. The molecule has 4 nitrogen and oxygen atoms in total. The molecule has 178 valence electrons. The van der Waals surface area contributed by atoms with Gasteiger partial charge in [-0.05, 0) is 56.9 Å². The zero-order valence-electron chi connectivity index (χ0n) is 19.5. The molecular weight excluding hydrogens is 475 g/mol. The number of amides is 2. The molecule has 1 atom stereocenters. The highest BCUT2D eigenvalue weighted by molar-refractivity contribution is 7.99. The second-order valence-corrected chi connectivity index (χ2v) is 10.7. The van der Waals surface area contributed by atoms with Crippen molar-refractivity contribution in [2.24, 2.45) is 0 Å². The molecule has 7 heteroatoms. The minimum Gasteiger partial charge on any atom is -0.352 e. The summed E-state index contributed by atoms with van der Waals surface area (Å²) in [5.74, 6) is 0.843. The fourth-order valence-electron chi connectivity index (χ4n) is 4.30. The van der Waals surface area contributed by atoms with Crippen LogP contribution in [-0.2, 0) is 21.9 Å². The summed E-state index contributed by atoms with van der Waals surface area (Å²) in [6.45, 7) is 6.21. The van der Waals surface area contributed by atoms with Crippen molar-refractivity contribution in [2.45, 2.75) is 70.8 Å². The van der Waals surface area contributed by atoms with E-state index >= 15 is 0 Å². The lowest BCUT2D eigenvalue weighted by molar-refractivity contribution is -0.138. The summed E-state index contributed by atoms with van der Waals surface area (Å²) in [5, 5.41) is 4.16. The summed E-state index contributed by atoms with van der Waals surface area (Å²) in [6.07, 6.45) is 4.28. The zero-order valence-corrected chi connectivity index (χ0v) is 21.8. The molecule has 0 aliphatic heterocycles. The van der Waals surface area contributed by atoms with Gasteiger partial charge in [-0.2, -0.15) is 0 Å². The molecule has 1 aliphatic carbocycles. The van der Waals surface area contributed by atoms with E-state index < -0.39 is 6.04 Å². The molecule has 0 heterocycles. The van der Waals surface area contributed by atoms with E-state index in [-0.39, 0.29) is 24.4 Å². The number of rotatable bonds is 9. The molecule has 0 bridgehead atoms. The fraction of sp³-hybridized carbons (Fsp3) is 0.462. The van der Waals surface area contributed by atoms with Gasteiger partial charge < -0.3 is 10.2 Å². The standard InChI is InChI=1S/C26H32Cl2N2O2S/c1-17-10-18(2)12-20(11-17)15-33-16-25(31)30(14-21-8-9-22(27)13-24(21)28)19(3)26(32)29-23-6-4-5-7-23/h8-13,19,23H,4-7,14-16H2,1-3H3,(H,29,32)/t19-/m1/s1. The molecule has 1 fully saturated rings. The molecule has 2 amide bonds. The minimum atomic E-state index is -0.591. The molecule has 2 aromatic rings. The molecule has 2 aromatic carbocycles. The van der Waals surface area contributed by atoms with Crippen LogP contribution in [0.1, 0.15) is 54.9 Å². The van der Waals surface area contributed by atoms with Crippen LogP contribution < -0.4 is 5.32 Å². The fourth-order valence-corrected chi connectivity index (χ4v) is 5.61. The second kappa shape index (κ2) is 12.1. The number of nitrogens with one attached hydrogen (secondary N) is 1. The number of carbonyl (C=O) groups excluding carboxylic acids is 2. The molecule has 33 heavy (non-hydrogen) atoms. The van der Waals surface area contributed by atoms with Gasteiger partial charge in [-0.15, -0.1) is 11.8 Å². The smallest absolute Gasteiger partial charge is 0.242 e. The van der Waals surface area contributed by atoms with Crippen LogP contribution in [0.5, 0.6) is 0 Å². The number of hydrogen-bond acceptors (Lipinski definition) is 3. The Balaban J connectivity index is 1.69. The van der Waals surface area contributed by atoms with Crippen molar-refractivity contribution in [3.8, 4) is 0 Å². The predicted molar refractivity (Wildman–Crippen MR) is 139 cm³/mol. The first kappa shape index (κ1) is 25.9. The molecule has 0 radical (unpaired) electrons. The van der Waals surface area contributed by atoms with Gasteiger partial charge in [-0.25, -0.2) is 0 Å². The van der Waals surface area contributed by atoms with Crippen molar-refractivity contribution in [3.05, 3.63) is 68.7 Å². The predicted octanol–water partition coefficient (Wildman–Crippen LogP) is 6.32. The first-order chi connectivity index (χ1) is 15.7. The number of hydrogen-bond donors (Lipinski definition) is 1. The number of aryl methyl sites for hydroxylation is 2. The Hall–Kier alpha value is -1.69. The van der Waals surface area contributed by atoms with Gasteiger partial charge in [0.25, 0.3) is 0 Å². The summed E-state index contributed by atoms with van der Waals surface area (Å²) in [6, 6.07) is 11.3. The number of carbonyl (C=O) groups is 2. The summed E-state index contributed by atoms with van der Waals surface area (Å²) in [7, 11) is 0. The van der Waals surface area contributed by atoms with Gasteiger partial charge in [0.2, 0.25) is 11.8 Å². The number of benzene rings is 2. The Kier molecular flexibility index (Phi) is 9.54. The second-order valence-electron chi connectivity index (χ2n) is 8.91. The minimum absolute atomic E-state index is 0.0792. The third-order valence-corrected chi connectivity index (χ3v) is 7.58. The van der Waals surface area contributed by atoms with Crippen molar-refractivity contribution in [2.75, 3.05) is 5.75 Å². The molecule has 0 aromatic heterocycles. The topological polar surface area (TPSA) is 49.4 Å². The van der Waals surface area contributed by atoms with Crippen molar-refractivity contribution in [1.29, 1.82) is 0 Å². The van der Waals surface area contributed by atoms with Gasteiger partial charge in [0.1, 0.15) is 6.04 Å². The molecule has 1 saturated carbocycles. The first-order valence-electron chi connectivity index (χ1n) is 11.4.